The Bertz CT molecular complexity index is 355. The number of nitrogens with two attached hydrogens (primary N) is 1. The number of hydrogen-bond acceptors (Lipinski definition) is 3. The molecule has 1 aliphatic rings. The summed E-state index contributed by atoms with van der Waals surface area (Å²) >= 11 is 0. The molecule has 0 radical (unpaired) electrons. The van der Waals surface area contributed by atoms with Crippen LogP contribution in [0.3, 0.4) is 0 Å². The van der Waals surface area contributed by atoms with E-state index in [1.54, 1.807) is 0 Å². The largest absolute Gasteiger partial charge is 0.328 e. The molecule has 1 aliphatic carbocycles. The molecule has 1 heterocycles. The minimum Gasteiger partial charge on any atom is -0.328 e. The highest BCUT2D eigenvalue weighted by molar-refractivity contribution is 5.07. The summed E-state index contributed by atoms with van der Waals surface area (Å²) in [6.45, 7) is 2.03. The van der Waals surface area contributed by atoms with Crippen molar-refractivity contribution >= 4 is 0 Å². The first-order chi connectivity index (χ1) is 8.75. The van der Waals surface area contributed by atoms with Crippen molar-refractivity contribution in [1.82, 2.24) is 9.97 Å². The fraction of sp³-hybridized carbons (Fsp3) is 0.733. The molecular weight excluding hydrogens is 222 g/mol. The van der Waals surface area contributed by atoms with Crippen LogP contribution in [0.15, 0.2) is 12.3 Å². The van der Waals surface area contributed by atoms with Gasteiger partial charge in [0.15, 0.2) is 0 Å². The summed E-state index contributed by atoms with van der Waals surface area (Å²) in [5.74, 6) is 1.62. The van der Waals surface area contributed by atoms with Crippen LogP contribution in [-0.4, -0.2) is 16.0 Å². The average molecular weight is 247 g/mol. The van der Waals surface area contributed by atoms with E-state index in [-0.39, 0.29) is 6.04 Å². The van der Waals surface area contributed by atoms with Crippen LogP contribution < -0.4 is 5.73 Å². The molecule has 3 heteroatoms. The van der Waals surface area contributed by atoms with Crippen LogP contribution in [0, 0.1) is 0 Å². The summed E-state index contributed by atoms with van der Waals surface area (Å²) in [7, 11) is 0. The molecule has 3 nitrogen and oxygen atoms in total. The molecule has 1 aromatic heterocycles. The van der Waals surface area contributed by atoms with Gasteiger partial charge in [-0.15, -0.1) is 0 Å². The lowest BCUT2D eigenvalue weighted by atomic mass is 9.90. The van der Waals surface area contributed by atoms with Crippen molar-refractivity contribution in [2.45, 2.75) is 70.3 Å². The van der Waals surface area contributed by atoms with E-state index in [1.807, 2.05) is 19.2 Å². The molecule has 1 saturated carbocycles. The normalized spacial score (nSPS) is 20.1. The van der Waals surface area contributed by atoms with E-state index in [4.69, 9.17) is 10.7 Å². The van der Waals surface area contributed by atoms with E-state index in [0.717, 1.165) is 17.9 Å². The smallest absolute Gasteiger partial charge is 0.131 e. The van der Waals surface area contributed by atoms with E-state index >= 15 is 0 Å². The van der Waals surface area contributed by atoms with Gasteiger partial charge in [0.25, 0.3) is 0 Å². The highest BCUT2D eigenvalue weighted by Crippen LogP contribution is 2.28. The second kappa shape index (κ2) is 6.83. The molecule has 18 heavy (non-hydrogen) atoms. The van der Waals surface area contributed by atoms with Crippen molar-refractivity contribution in [3.8, 4) is 0 Å². The summed E-state index contributed by atoms with van der Waals surface area (Å²) in [6, 6.07) is 2.17. The van der Waals surface area contributed by atoms with Crippen molar-refractivity contribution < 1.29 is 0 Å². The SMILES string of the molecule is CC(N)Cc1ccnc(C2CCCCCCC2)n1. The van der Waals surface area contributed by atoms with Crippen LogP contribution in [0.25, 0.3) is 0 Å². The lowest BCUT2D eigenvalue weighted by Gasteiger charge is -2.18. The fourth-order valence-electron chi connectivity index (χ4n) is 2.77. The van der Waals surface area contributed by atoms with Crippen LogP contribution in [0.2, 0.25) is 0 Å². The van der Waals surface area contributed by atoms with Gasteiger partial charge in [0.2, 0.25) is 0 Å². The molecule has 1 fully saturated rings. The van der Waals surface area contributed by atoms with E-state index in [0.29, 0.717) is 5.92 Å². The number of aromatic nitrogens is 2. The summed E-state index contributed by atoms with van der Waals surface area (Å²) < 4.78 is 0. The summed E-state index contributed by atoms with van der Waals surface area (Å²) in [5, 5.41) is 0. The monoisotopic (exact) mass is 247 g/mol. The van der Waals surface area contributed by atoms with Gasteiger partial charge in [-0.25, -0.2) is 9.97 Å². The van der Waals surface area contributed by atoms with Crippen molar-refractivity contribution in [2.75, 3.05) is 0 Å². The Hall–Kier alpha value is -0.960. The highest BCUT2D eigenvalue weighted by atomic mass is 14.9. The average Bonchev–Trinajstić information content (AvgIpc) is 2.27. The van der Waals surface area contributed by atoms with Gasteiger partial charge >= 0.3 is 0 Å². The van der Waals surface area contributed by atoms with Crippen LogP contribution in [-0.2, 0) is 6.42 Å². The Kier molecular flexibility index (Phi) is 5.12. The van der Waals surface area contributed by atoms with E-state index in [2.05, 4.69) is 4.98 Å². The predicted molar refractivity (Wildman–Crippen MR) is 74.4 cm³/mol. The Labute approximate surface area is 110 Å². The molecule has 0 amide bonds. The second-order valence-electron chi connectivity index (χ2n) is 5.63. The molecule has 1 atom stereocenters. The molecular formula is C15H25N3. The van der Waals surface area contributed by atoms with Gasteiger partial charge < -0.3 is 5.73 Å². The standard InChI is InChI=1S/C15H25N3/c1-12(16)11-14-9-10-17-15(18-14)13-7-5-3-2-4-6-8-13/h9-10,12-13H,2-8,11,16H2,1H3. The molecule has 0 spiro atoms. The van der Waals surface area contributed by atoms with Gasteiger partial charge in [0.05, 0.1) is 0 Å². The van der Waals surface area contributed by atoms with Gasteiger partial charge in [0.1, 0.15) is 5.82 Å². The van der Waals surface area contributed by atoms with Gasteiger partial charge in [-0.2, -0.15) is 0 Å². The second-order valence-corrected chi connectivity index (χ2v) is 5.63. The van der Waals surface area contributed by atoms with Gasteiger partial charge in [0, 0.05) is 30.3 Å². The van der Waals surface area contributed by atoms with Gasteiger partial charge in [-0.1, -0.05) is 32.1 Å². The third kappa shape index (κ3) is 4.05. The third-order valence-corrected chi connectivity index (χ3v) is 3.73. The van der Waals surface area contributed by atoms with Crippen LogP contribution >= 0.6 is 0 Å². The summed E-state index contributed by atoms with van der Waals surface area (Å²) in [4.78, 5) is 9.21. The van der Waals surface area contributed by atoms with E-state index in [9.17, 15) is 0 Å². The molecule has 1 aromatic rings. The highest BCUT2D eigenvalue weighted by Gasteiger charge is 2.16. The molecule has 1 unspecified atom stereocenters. The first-order valence-electron chi connectivity index (χ1n) is 7.33. The van der Waals surface area contributed by atoms with E-state index < -0.39 is 0 Å². The van der Waals surface area contributed by atoms with Crippen LogP contribution in [0.1, 0.15) is 69.3 Å². The summed E-state index contributed by atoms with van der Waals surface area (Å²) in [6.07, 6.45) is 12.0. The lowest BCUT2D eigenvalue weighted by Crippen LogP contribution is -2.19. The topological polar surface area (TPSA) is 51.8 Å². The van der Waals surface area contributed by atoms with Gasteiger partial charge in [-0.05, 0) is 25.8 Å². The maximum absolute atomic E-state index is 5.84. The molecule has 0 saturated heterocycles. The Morgan fingerprint density at radius 1 is 1.22 bits per heavy atom. The zero-order valence-electron chi connectivity index (χ0n) is 11.4. The van der Waals surface area contributed by atoms with Crippen molar-refractivity contribution in [3.05, 3.63) is 23.8 Å². The van der Waals surface area contributed by atoms with Crippen molar-refractivity contribution in [3.63, 3.8) is 0 Å². The maximum atomic E-state index is 5.84. The van der Waals surface area contributed by atoms with Crippen molar-refractivity contribution in [1.29, 1.82) is 0 Å². The number of rotatable bonds is 3. The third-order valence-electron chi connectivity index (χ3n) is 3.73. The molecule has 0 bridgehead atoms. The maximum Gasteiger partial charge on any atom is 0.131 e. The molecule has 0 aliphatic heterocycles. The van der Waals surface area contributed by atoms with Crippen LogP contribution in [0.4, 0.5) is 0 Å². The quantitative estimate of drug-likeness (QED) is 0.892. The molecule has 0 aromatic carbocycles. The Balaban J connectivity index is 2.05. The zero-order chi connectivity index (χ0) is 12.8. The minimum atomic E-state index is 0.171. The Morgan fingerprint density at radius 2 is 1.89 bits per heavy atom. The zero-order valence-corrected chi connectivity index (χ0v) is 11.4. The van der Waals surface area contributed by atoms with Crippen LogP contribution in [0.5, 0.6) is 0 Å². The minimum absolute atomic E-state index is 0.171. The number of nitrogens with zero attached hydrogens (tertiary/aromatic N) is 2. The molecule has 2 N–H and O–H groups in total. The summed E-state index contributed by atoms with van der Waals surface area (Å²) in [5.41, 5.74) is 6.93. The molecule has 100 valence electrons. The van der Waals surface area contributed by atoms with Crippen molar-refractivity contribution in [2.24, 2.45) is 5.73 Å². The number of hydrogen-bond donors (Lipinski definition) is 1. The first-order valence-corrected chi connectivity index (χ1v) is 7.33. The predicted octanol–water partition coefficient (Wildman–Crippen LogP) is 3.19. The van der Waals surface area contributed by atoms with Gasteiger partial charge in [-0.3, -0.25) is 0 Å². The van der Waals surface area contributed by atoms with E-state index in [1.165, 1.54) is 44.9 Å². The molecule has 2 rings (SSSR count). The first kappa shape index (κ1) is 13.5. The lowest BCUT2D eigenvalue weighted by molar-refractivity contribution is 0.441. The fourth-order valence-corrected chi connectivity index (χ4v) is 2.77. The Morgan fingerprint density at radius 3 is 2.56 bits per heavy atom.